The molecule has 2 heteroatoms. The maximum absolute atomic E-state index is 11.5. The summed E-state index contributed by atoms with van der Waals surface area (Å²) in [6, 6.07) is 0. The highest BCUT2D eigenvalue weighted by Crippen LogP contribution is 2.60. The maximum Gasteiger partial charge on any atom is 0.333 e. The Morgan fingerprint density at radius 2 is 2.36 bits per heavy atom. The average Bonchev–Trinajstić information content (AvgIpc) is 2.86. The van der Waals surface area contributed by atoms with E-state index >= 15 is 0 Å². The van der Waals surface area contributed by atoms with Gasteiger partial charge in [0.1, 0.15) is 5.60 Å². The molecule has 0 amide bonds. The molecule has 0 aromatic rings. The van der Waals surface area contributed by atoms with Gasteiger partial charge in [0.15, 0.2) is 0 Å². The highest BCUT2D eigenvalue weighted by Gasteiger charge is 2.59. The van der Waals surface area contributed by atoms with Crippen LogP contribution < -0.4 is 0 Å². The first-order valence-electron chi connectivity index (χ1n) is 5.48. The molecular weight excluding hydrogens is 176 g/mol. The first kappa shape index (κ1) is 9.75. The number of fused-ring (bicyclic) bond motifs is 1. The molecule has 2 rings (SSSR count). The molecule has 3 atom stereocenters. The lowest BCUT2D eigenvalue weighted by Gasteiger charge is -2.30. The molecule has 0 aliphatic heterocycles. The summed E-state index contributed by atoms with van der Waals surface area (Å²) >= 11 is 0. The van der Waals surface area contributed by atoms with Gasteiger partial charge in [0.25, 0.3) is 0 Å². The third kappa shape index (κ3) is 1.37. The second kappa shape index (κ2) is 3.11. The Kier molecular flexibility index (Phi) is 2.17. The van der Waals surface area contributed by atoms with Crippen molar-refractivity contribution in [2.24, 2.45) is 11.8 Å². The van der Waals surface area contributed by atoms with Crippen LogP contribution in [0.15, 0.2) is 12.2 Å². The van der Waals surface area contributed by atoms with Crippen molar-refractivity contribution >= 4 is 5.97 Å². The molecule has 0 aromatic heterocycles. The maximum atomic E-state index is 11.5. The van der Waals surface area contributed by atoms with Crippen LogP contribution in [-0.4, -0.2) is 11.6 Å². The molecule has 78 valence electrons. The van der Waals surface area contributed by atoms with Crippen molar-refractivity contribution in [2.45, 2.75) is 45.1 Å². The summed E-state index contributed by atoms with van der Waals surface area (Å²) in [6.07, 6.45) is 4.50. The first-order valence-corrected chi connectivity index (χ1v) is 5.48. The van der Waals surface area contributed by atoms with E-state index in [1.807, 2.05) is 0 Å². The summed E-state index contributed by atoms with van der Waals surface area (Å²) in [5, 5.41) is 0. The largest absolute Gasteiger partial charge is 0.455 e. The monoisotopic (exact) mass is 194 g/mol. The van der Waals surface area contributed by atoms with Crippen molar-refractivity contribution < 1.29 is 9.53 Å². The van der Waals surface area contributed by atoms with Crippen LogP contribution in [0.4, 0.5) is 0 Å². The van der Waals surface area contributed by atoms with E-state index in [4.69, 9.17) is 4.74 Å². The summed E-state index contributed by atoms with van der Waals surface area (Å²) in [4.78, 5) is 11.5. The molecular formula is C12H18O2. The van der Waals surface area contributed by atoms with Crippen LogP contribution in [0.5, 0.6) is 0 Å². The predicted molar refractivity (Wildman–Crippen MR) is 54.8 cm³/mol. The molecule has 0 saturated heterocycles. The molecule has 2 aliphatic rings. The van der Waals surface area contributed by atoms with Crippen LogP contribution in [0.1, 0.15) is 39.5 Å². The third-order valence-electron chi connectivity index (χ3n) is 3.78. The number of hydrogen-bond donors (Lipinski definition) is 0. The zero-order valence-electron chi connectivity index (χ0n) is 9.01. The Labute approximate surface area is 85.3 Å². The number of esters is 1. The highest BCUT2D eigenvalue weighted by atomic mass is 16.6. The van der Waals surface area contributed by atoms with Crippen molar-refractivity contribution in [2.75, 3.05) is 0 Å². The van der Waals surface area contributed by atoms with E-state index in [0.29, 0.717) is 11.5 Å². The van der Waals surface area contributed by atoms with E-state index in [0.717, 1.165) is 18.8 Å². The Morgan fingerprint density at radius 1 is 1.64 bits per heavy atom. The van der Waals surface area contributed by atoms with Crippen LogP contribution >= 0.6 is 0 Å². The number of ether oxygens (including phenoxy) is 1. The summed E-state index contributed by atoms with van der Waals surface area (Å²) < 4.78 is 5.62. The fourth-order valence-corrected chi connectivity index (χ4v) is 2.74. The zero-order valence-corrected chi connectivity index (χ0v) is 9.01. The molecule has 0 spiro atoms. The van der Waals surface area contributed by atoms with Crippen LogP contribution in [-0.2, 0) is 9.53 Å². The molecule has 0 heterocycles. The minimum atomic E-state index is -0.209. The van der Waals surface area contributed by atoms with Crippen molar-refractivity contribution in [3.63, 3.8) is 0 Å². The van der Waals surface area contributed by atoms with Gasteiger partial charge in [-0.15, -0.1) is 0 Å². The van der Waals surface area contributed by atoms with Gasteiger partial charge in [-0.25, -0.2) is 4.79 Å². The lowest BCUT2D eigenvalue weighted by Crippen LogP contribution is -2.35. The van der Waals surface area contributed by atoms with Crippen molar-refractivity contribution in [3.05, 3.63) is 12.2 Å². The van der Waals surface area contributed by atoms with Crippen LogP contribution in [0.25, 0.3) is 0 Å². The van der Waals surface area contributed by atoms with Crippen LogP contribution in [0, 0.1) is 11.8 Å². The van der Waals surface area contributed by atoms with Crippen molar-refractivity contribution in [3.8, 4) is 0 Å². The zero-order chi connectivity index (χ0) is 10.3. The minimum absolute atomic E-state index is 0.138. The van der Waals surface area contributed by atoms with Gasteiger partial charge in [-0.1, -0.05) is 13.5 Å². The quantitative estimate of drug-likeness (QED) is 0.510. The van der Waals surface area contributed by atoms with Crippen LogP contribution in [0.2, 0.25) is 0 Å². The Morgan fingerprint density at radius 3 is 2.71 bits per heavy atom. The van der Waals surface area contributed by atoms with Gasteiger partial charge in [0, 0.05) is 11.5 Å². The Hall–Kier alpha value is -0.790. The summed E-state index contributed by atoms with van der Waals surface area (Å²) in [5.41, 5.74) is 0.377. The molecule has 0 bridgehead atoms. The van der Waals surface area contributed by atoms with Crippen LogP contribution in [0.3, 0.4) is 0 Å². The molecule has 2 fully saturated rings. The van der Waals surface area contributed by atoms with E-state index < -0.39 is 0 Å². The van der Waals surface area contributed by atoms with E-state index in [1.54, 1.807) is 6.92 Å². The van der Waals surface area contributed by atoms with Gasteiger partial charge < -0.3 is 4.74 Å². The van der Waals surface area contributed by atoms with Gasteiger partial charge in [-0.05, 0) is 38.5 Å². The SMILES string of the molecule is C=C(C)C(=O)OC1(CC)CCC2CC21. The fourth-order valence-electron chi connectivity index (χ4n) is 2.74. The second-order valence-electron chi connectivity index (χ2n) is 4.73. The summed E-state index contributed by atoms with van der Waals surface area (Å²) in [6.45, 7) is 7.46. The molecule has 0 aromatic carbocycles. The van der Waals surface area contributed by atoms with Gasteiger partial charge in [0.2, 0.25) is 0 Å². The summed E-state index contributed by atoms with van der Waals surface area (Å²) in [5.74, 6) is 1.28. The van der Waals surface area contributed by atoms with E-state index in [-0.39, 0.29) is 11.6 Å². The topological polar surface area (TPSA) is 26.3 Å². The number of rotatable bonds is 3. The second-order valence-corrected chi connectivity index (χ2v) is 4.73. The molecule has 2 aliphatic carbocycles. The minimum Gasteiger partial charge on any atom is -0.455 e. The van der Waals surface area contributed by atoms with Gasteiger partial charge >= 0.3 is 5.97 Å². The van der Waals surface area contributed by atoms with Crippen molar-refractivity contribution in [1.82, 2.24) is 0 Å². The first-order chi connectivity index (χ1) is 6.59. The summed E-state index contributed by atoms with van der Waals surface area (Å²) in [7, 11) is 0. The van der Waals surface area contributed by atoms with Gasteiger partial charge in [-0.2, -0.15) is 0 Å². The molecule has 2 saturated carbocycles. The fraction of sp³-hybridized carbons (Fsp3) is 0.750. The third-order valence-corrected chi connectivity index (χ3v) is 3.78. The highest BCUT2D eigenvalue weighted by molar-refractivity contribution is 5.87. The number of hydrogen-bond acceptors (Lipinski definition) is 2. The lowest BCUT2D eigenvalue weighted by atomic mass is 9.94. The van der Waals surface area contributed by atoms with Gasteiger partial charge in [-0.3, -0.25) is 0 Å². The number of carbonyl (C=O) groups is 1. The Balaban J connectivity index is 2.06. The molecule has 0 N–H and O–H groups in total. The molecule has 14 heavy (non-hydrogen) atoms. The molecule has 0 radical (unpaired) electrons. The van der Waals surface area contributed by atoms with Crippen molar-refractivity contribution in [1.29, 1.82) is 0 Å². The van der Waals surface area contributed by atoms with E-state index in [1.165, 1.54) is 12.8 Å². The van der Waals surface area contributed by atoms with E-state index in [9.17, 15) is 4.79 Å². The standard InChI is InChI=1S/C12H18O2/c1-4-12(14-11(13)8(2)3)6-5-9-7-10(9)12/h9-10H,2,4-7H2,1,3H3. The normalized spacial score (nSPS) is 39.0. The predicted octanol–water partition coefficient (Wildman–Crippen LogP) is 2.68. The molecule has 2 nitrogen and oxygen atoms in total. The van der Waals surface area contributed by atoms with Gasteiger partial charge in [0.05, 0.1) is 0 Å². The average molecular weight is 194 g/mol. The smallest absolute Gasteiger partial charge is 0.333 e. The number of carbonyl (C=O) groups excluding carboxylic acids is 1. The van der Waals surface area contributed by atoms with E-state index in [2.05, 4.69) is 13.5 Å². The Bertz CT molecular complexity index is 282. The lowest BCUT2D eigenvalue weighted by molar-refractivity contribution is -0.157. The molecule has 3 unspecified atom stereocenters.